The summed E-state index contributed by atoms with van der Waals surface area (Å²) in [6, 6.07) is 4.64. The second kappa shape index (κ2) is 5.73. The van der Waals surface area contributed by atoms with Gasteiger partial charge in [0.15, 0.2) is 0 Å². The van der Waals surface area contributed by atoms with Crippen molar-refractivity contribution in [2.75, 3.05) is 0 Å². The summed E-state index contributed by atoms with van der Waals surface area (Å²) in [6.45, 7) is 0. The van der Waals surface area contributed by atoms with Crippen molar-refractivity contribution in [3.63, 3.8) is 0 Å². The maximum atomic E-state index is 13.7. The predicted molar refractivity (Wildman–Crippen MR) is 71.5 cm³/mol. The molecule has 7 heteroatoms. The van der Waals surface area contributed by atoms with E-state index in [1.165, 1.54) is 12.1 Å². The lowest BCUT2D eigenvalue weighted by molar-refractivity contribution is -0.138. The molecule has 0 aliphatic rings. The molecule has 0 amide bonds. The van der Waals surface area contributed by atoms with Crippen LogP contribution in [0.4, 0.5) is 22.0 Å². The van der Waals surface area contributed by atoms with Gasteiger partial charge in [0.05, 0.1) is 11.6 Å². The Morgan fingerprint density at radius 1 is 0.952 bits per heavy atom. The highest BCUT2D eigenvalue weighted by atomic mass is 79.9. The van der Waals surface area contributed by atoms with Crippen LogP contribution in [0.2, 0.25) is 0 Å². The molecule has 0 aliphatic heterocycles. The standard InChI is InChI=1S/C14H9BrF5N/c15-7-1-3-9(11(5-7)14(18,19)20)13(21)10-4-2-8(16)6-12(10)17/h1-6,13H,21H2. The van der Waals surface area contributed by atoms with Crippen molar-refractivity contribution in [2.45, 2.75) is 12.2 Å². The van der Waals surface area contributed by atoms with Crippen molar-refractivity contribution >= 4 is 15.9 Å². The fourth-order valence-corrected chi connectivity index (χ4v) is 2.33. The van der Waals surface area contributed by atoms with Crippen LogP contribution in [0.5, 0.6) is 0 Å². The minimum absolute atomic E-state index is 0.204. The van der Waals surface area contributed by atoms with E-state index in [2.05, 4.69) is 15.9 Å². The molecule has 1 nitrogen and oxygen atoms in total. The maximum absolute atomic E-state index is 13.7. The zero-order chi connectivity index (χ0) is 15.8. The first kappa shape index (κ1) is 15.9. The third-order valence-corrected chi connectivity index (χ3v) is 3.45. The minimum atomic E-state index is -4.63. The van der Waals surface area contributed by atoms with Gasteiger partial charge in [0.1, 0.15) is 11.6 Å². The number of hydrogen-bond donors (Lipinski definition) is 1. The molecule has 0 saturated heterocycles. The van der Waals surface area contributed by atoms with Crippen LogP contribution in [0.3, 0.4) is 0 Å². The molecule has 0 aromatic heterocycles. The smallest absolute Gasteiger partial charge is 0.320 e. The number of halogens is 6. The van der Waals surface area contributed by atoms with Gasteiger partial charge in [0, 0.05) is 16.1 Å². The summed E-state index contributed by atoms with van der Waals surface area (Å²) in [4.78, 5) is 0. The molecule has 0 heterocycles. The largest absolute Gasteiger partial charge is 0.416 e. The van der Waals surface area contributed by atoms with Gasteiger partial charge in [-0.15, -0.1) is 0 Å². The molecular weight excluding hydrogens is 357 g/mol. The SMILES string of the molecule is NC(c1ccc(F)cc1F)c1ccc(Br)cc1C(F)(F)F. The molecule has 112 valence electrons. The van der Waals surface area contributed by atoms with Crippen LogP contribution in [0, 0.1) is 11.6 Å². The van der Waals surface area contributed by atoms with E-state index in [4.69, 9.17) is 5.73 Å². The third-order valence-electron chi connectivity index (χ3n) is 2.95. The second-order valence-corrected chi connectivity index (χ2v) is 5.29. The Kier molecular flexibility index (Phi) is 4.34. The van der Waals surface area contributed by atoms with Gasteiger partial charge in [-0.2, -0.15) is 13.2 Å². The fraction of sp³-hybridized carbons (Fsp3) is 0.143. The molecule has 0 radical (unpaired) electrons. The normalized spacial score (nSPS) is 13.3. The van der Waals surface area contributed by atoms with E-state index in [9.17, 15) is 22.0 Å². The Balaban J connectivity index is 2.55. The van der Waals surface area contributed by atoms with Crippen LogP contribution < -0.4 is 5.73 Å². The Hall–Kier alpha value is -1.47. The summed E-state index contributed by atoms with van der Waals surface area (Å²) in [7, 11) is 0. The zero-order valence-corrected chi connectivity index (χ0v) is 12.0. The predicted octanol–water partition coefficient (Wildman–Crippen LogP) is 4.79. The first-order valence-corrected chi connectivity index (χ1v) is 6.56. The highest BCUT2D eigenvalue weighted by Gasteiger charge is 2.35. The molecule has 2 N–H and O–H groups in total. The van der Waals surface area contributed by atoms with Crippen molar-refractivity contribution in [2.24, 2.45) is 5.73 Å². The van der Waals surface area contributed by atoms with Gasteiger partial charge < -0.3 is 5.73 Å². The first-order chi connectivity index (χ1) is 9.70. The van der Waals surface area contributed by atoms with E-state index < -0.39 is 29.4 Å². The van der Waals surface area contributed by atoms with Crippen LogP contribution in [-0.4, -0.2) is 0 Å². The fourth-order valence-electron chi connectivity index (χ4n) is 1.97. The van der Waals surface area contributed by atoms with E-state index in [0.717, 1.165) is 18.2 Å². The van der Waals surface area contributed by atoms with Gasteiger partial charge in [-0.3, -0.25) is 0 Å². The molecule has 0 fully saturated rings. The summed E-state index contributed by atoms with van der Waals surface area (Å²) < 4.78 is 65.9. The lowest BCUT2D eigenvalue weighted by atomic mass is 9.94. The third kappa shape index (κ3) is 3.41. The van der Waals surface area contributed by atoms with E-state index >= 15 is 0 Å². The molecule has 0 aliphatic carbocycles. The Morgan fingerprint density at radius 3 is 2.14 bits per heavy atom. The zero-order valence-electron chi connectivity index (χ0n) is 10.4. The Labute approximate surface area is 125 Å². The van der Waals surface area contributed by atoms with Crippen LogP contribution in [0.1, 0.15) is 22.7 Å². The molecule has 2 rings (SSSR count). The molecular formula is C14H9BrF5N. The molecule has 1 atom stereocenters. The van der Waals surface area contributed by atoms with Crippen LogP contribution in [-0.2, 0) is 6.18 Å². The van der Waals surface area contributed by atoms with Crippen LogP contribution >= 0.6 is 15.9 Å². The number of hydrogen-bond acceptors (Lipinski definition) is 1. The Bertz CT molecular complexity index is 669. The van der Waals surface area contributed by atoms with E-state index in [1.54, 1.807) is 0 Å². The summed E-state index contributed by atoms with van der Waals surface area (Å²) in [5, 5.41) is 0. The Morgan fingerprint density at radius 2 is 1.57 bits per heavy atom. The van der Waals surface area contributed by atoms with Crippen molar-refractivity contribution < 1.29 is 22.0 Å². The lowest BCUT2D eigenvalue weighted by Crippen LogP contribution is -2.19. The highest BCUT2D eigenvalue weighted by Crippen LogP contribution is 2.37. The average molecular weight is 366 g/mol. The average Bonchev–Trinajstić information content (AvgIpc) is 2.37. The minimum Gasteiger partial charge on any atom is -0.320 e. The maximum Gasteiger partial charge on any atom is 0.416 e. The number of benzene rings is 2. The second-order valence-electron chi connectivity index (χ2n) is 4.37. The lowest BCUT2D eigenvalue weighted by Gasteiger charge is -2.19. The van der Waals surface area contributed by atoms with Crippen molar-refractivity contribution in [1.82, 2.24) is 0 Å². The van der Waals surface area contributed by atoms with Crippen molar-refractivity contribution in [3.8, 4) is 0 Å². The van der Waals surface area contributed by atoms with Gasteiger partial charge in [-0.1, -0.05) is 28.1 Å². The van der Waals surface area contributed by atoms with Crippen LogP contribution in [0.25, 0.3) is 0 Å². The van der Waals surface area contributed by atoms with Crippen molar-refractivity contribution in [3.05, 3.63) is 69.2 Å². The van der Waals surface area contributed by atoms with Gasteiger partial charge in [0.25, 0.3) is 0 Å². The number of rotatable bonds is 2. The quantitative estimate of drug-likeness (QED) is 0.760. The van der Waals surface area contributed by atoms with Gasteiger partial charge in [0.2, 0.25) is 0 Å². The summed E-state index contributed by atoms with van der Waals surface area (Å²) >= 11 is 2.95. The van der Waals surface area contributed by atoms with E-state index in [1.807, 2.05) is 0 Å². The molecule has 0 bridgehead atoms. The molecule has 21 heavy (non-hydrogen) atoms. The van der Waals surface area contributed by atoms with E-state index in [0.29, 0.717) is 6.07 Å². The molecule has 0 spiro atoms. The monoisotopic (exact) mass is 365 g/mol. The van der Waals surface area contributed by atoms with Gasteiger partial charge in [-0.05, 0) is 23.8 Å². The summed E-state index contributed by atoms with van der Waals surface area (Å²) in [6.07, 6.45) is -4.63. The molecule has 0 saturated carbocycles. The van der Waals surface area contributed by atoms with Crippen LogP contribution in [0.15, 0.2) is 40.9 Å². The molecule has 1 unspecified atom stereocenters. The molecule has 2 aromatic rings. The molecule has 2 aromatic carbocycles. The highest BCUT2D eigenvalue weighted by molar-refractivity contribution is 9.10. The summed E-state index contributed by atoms with van der Waals surface area (Å²) in [5.41, 5.74) is 4.29. The first-order valence-electron chi connectivity index (χ1n) is 5.77. The van der Waals surface area contributed by atoms with Gasteiger partial charge >= 0.3 is 6.18 Å². The number of nitrogens with two attached hydrogens (primary N) is 1. The van der Waals surface area contributed by atoms with E-state index in [-0.39, 0.29) is 15.6 Å². The number of alkyl halides is 3. The summed E-state index contributed by atoms with van der Waals surface area (Å²) in [5.74, 6) is -1.81. The van der Waals surface area contributed by atoms with Crippen molar-refractivity contribution in [1.29, 1.82) is 0 Å². The topological polar surface area (TPSA) is 26.0 Å². The van der Waals surface area contributed by atoms with Gasteiger partial charge in [-0.25, -0.2) is 8.78 Å².